The van der Waals surface area contributed by atoms with Gasteiger partial charge in [0.1, 0.15) is 5.75 Å². The van der Waals surface area contributed by atoms with E-state index in [1.165, 1.54) is 6.92 Å². The van der Waals surface area contributed by atoms with Gasteiger partial charge in [0.15, 0.2) is 17.9 Å². The number of nitrogens with zero attached hydrogens (tertiary/aromatic N) is 1. The minimum absolute atomic E-state index is 0. The second-order valence-electron chi connectivity index (χ2n) is 4.68. The van der Waals surface area contributed by atoms with Gasteiger partial charge < -0.3 is 11.5 Å². The van der Waals surface area contributed by atoms with Crippen LogP contribution >= 0.6 is 11.6 Å². The van der Waals surface area contributed by atoms with Crippen molar-refractivity contribution in [3.63, 3.8) is 0 Å². The summed E-state index contributed by atoms with van der Waals surface area (Å²) in [4.78, 5) is 23.9. The van der Waals surface area contributed by atoms with Gasteiger partial charge in [0.05, 0.1) is 5.03 Å². The molecule has 1 aromatic rings. The number of halogens is 1. The van der Waals surface area contributed by atoms with Gasteiger partial charge in [-0.1, -0.05) is 11.6 Å². The molecule has 2 rings (SSSR count). The van der Waals surface area contributed by atoms with E-state index in [4.69, 9.17) is 20.9 Å². The van der Waals surface area contributed by atoms with E-state index in [2.05, 4.69) is 0 Å². The average molecular weight is 385 g/mol. The van der Waals surface area contributed by atoms with Crippen molar-refractivity contribution < 1.29 is 58.3 Å². The Labute approximate surface area is 167 Å². The van der Waals surface area contributed by atoms with Crippen LogP contribution in [0.3, 0.4) is 0 Å². The van der Waals surface area contributed by atoms with Gasteiger partial charge in [-0.05, 0) is 31.2 Å². The third-order valence-electron chi connectivity index (χ3n) is 2.97. The Bertz CT molecular complexity index is 771. The Morgan fingerprint density at radius 2 is 2.00 bits per heavy atom. The van der Waals surface area contributed by atoms with Gasteiger partial charge in [-0.3, -0.25) is 14.2 Å². The molecule has 126 valence electrons. The first-order chi connectivity index (χ1) is 10.7. The number of carbonyl (C=O) groups is 2. The number of hydrogen-bond donors (Lipinski definition) is 2. The first kappa shape index (κ1) is 20.9. The fourth-order valence-electron chi connectivity index (χ4n) is 1.78. The third-order valence-corrected chi connectivity index (χ3v) is 4.39. The minimum Gasteiger partial charge on any atom is -1.00 e. The summed E-state index contributed by atoms with van der Waals surface area (Å²) >= 11 is 5.74. The number of benzene rings is 1. The fourth-order valence-corrected chi connectivity index (χ4v) is 2.89. The van der Waals surface area contributed by atoms with E-state index in [1.807, 2.05) is 5.32 Å². The standard InChI is InChI=1S/C13H13ClN2O6S.Na.H/c1-8(17)9-2-4-10(5-3-9)22-7-16-6-11(14)12(15-13(16)18)23(19,20)21;;/h2-6,12H,7H2,1H3,(H,15,18)(H,19,20,21);;/q;+1;-1. The molecule has 0 aromatic heterocycles. The average Bonchev–Trinajstić information content (AvgIpc) is 2.47. The number of ketones is 1. The molecule has 1 aromatic carbocycles. The maximum absolute atomic E-state index is 11.8. The summed E-state index contributed by atoms with van der Waals surface area (Å²) in [6.45, 7) is 1.20. The van der Waals surface area contributed by atoms with Crippen LogP contribution in [0.1, 0.15) is 18.7 Å². The van der Waals surface area contributed by atoms with Crippen molar-refractivity contribution in [3.8, 4) is 5.75 Å². The predicted octanol–water partition coefficient (Wildman–Crippen LogP) is -1.34. The van der Waals surface area contributed by atoms with Crippen LogP contribution in [0.5, 0.6) is 5.75 Å². The summed E-state index contributed by atoms with van der Waals surface area (Å²) in [6.07, 6.45) is 1.06. The van der Waals surface area contributed by atoms with E-state index in [-0.39, 0.29) is 48.5 Å². The van der Waals surface area contributed by atoms with E-state index >= 15 is 0 Å². The van der Waals surface area contributed by atoms with Crippen molar-refractivity contribution in [2.45, 2.75) is 12.3 Å². The number of rotatable bonds is 5. The molecule has 0 saturated heterocycles. The zero-order valence-electron chi connectivity index (χ0n) is 13.9. The van der Waals surface area contributed by atoms with Crippen molar-refractivity contribution in [2.75, 3.05) is 6.73 Å². The van der Waals surface area contributed by atoms with Gasteiger partial charge in [-0.25, -0.2) is 4.79 Å². The summed E-state index contributed by atoms with van der Waals surface area (Å²) < 4.78 is 36.4. The Morgan fingerprint density at radius 3 is 2.50 bits per heavy atom. The van der Waals surface area contributed by atoms with E-state index in [9.17, 15) is 18.0 Å². The molecule has 1 unspecified atom stereocenters. The van der Waals surface area contributed by atoms with Crippen LogP contribution in [-0.2, 0) is 10.1 Å². The van der Waals surface area contributed by atoms with Crippen LogP contribution in [0.15, 0.2) is 35.5 Å². The second kappa shape index (κ2) is 8.32. The van der Waals surface area contributed by atoms with Crippen molar-refractivity contribution in [3.05, 3.63) is 41.1 Å². The number of Topliss-reactive ketones (excluding diaryl/α,β-unsaturated/α-hetero) is 1. The molecule has 2 amide bonds. The monoisotopic (exact) mass is 384 g/mol. The Hall–Kier alpha value is -1.10. The molecule has 0 radical (unpaired) electrons. The Kier molecular flexibility index (Phi) is 7.26. The van der Waals surface area contributed by atoms with Gasteiger partial charge >= 0.3 is 35.6 Å². The van der Waals surface area contributed by atoms with E-state index in [1.54, 1.807) is 24.3 Å². The van der Waals surface area contributed by atoms with Crippen LogP contribution in [0, 0.1) is 0 Å². The molecule has 1 aliphatic rings. The summed E-state index contributed by atoms with van der Waals surface area (Å²) in [5.41, 5.74) is 0.520. The molecule has 24 heavy (non-hydrogen) atoms. The molecule has 1 heterocycles. The molecule has 0 aliphatic carbocycles. The summed E-state index contributed by atoms with van der Waals surface area (Å²) in [6, 6.07) is 5.48. The predicted molar refractivity (Wildman–Crippen MR) is 82.7 cm³/mol. The van der Waals surface area contributed by atoms with Gasteiger partial charge in [0.25, 0.3) is 10.1 Å². The fraction of sp³-hybridized carbons (Fsp3) is 0.231. The van der Waals surface area contributed by atoms with Crippen LogP contribution in [0.2, 0.25) is 0 Å². The first-order valence-electron chi connectivity index (χ1n) is 6.33. The zero-order valence-corrected chi connectivity index (χ0v) is 16.5. The van der Waals surface area contributed by atoms with E-state index in [0.717, 1.165) is 11.1 Å². The molecule has 0 bridgehead atoms. The maximum atomic E-state index is 11.8. The van der Waals surface area contributed by atoms with Crippen LogP contribution in [0.25, 0.3) is 0 Å². The summed E-state index contributed by atoms with van der Waals surface area (Å²) in [5, 5.41) is 0.0734. The molecule has 1 atom stereocenters. The molecule has 0 fully saturated rings. The first-order valence-corrected chi connectivity index (χ1v) is 8.21. The number of urea groups is 1. The number of carbonyl (C=O) groups excluding carboxylic acids is 2. The summed E-state index contributed by atoms with van der Waals surface area (Å²) in [7, 11) is -4.54. The molecule has 0 saturated carbocycles. The molecule has 0 spiro atoms. The number of amides is 2. The number of nitrogens with one attached hydrogen (secondary N) is 1. The molecular weight excluding hydrogens is 371 g/mol. The molecular formula is C13H14ClN2NaO6S. The molecule has 2 N–H and O–H groups in total. The third kappa shape index (κ3) is 5.20. The maximum Gasteiger partial charge on any atom is 1.00 e. The van der Waals surface area contributed by atoms with Crippen molar-refractivity contribution in [2.24, 2.45) is 0 Å². The molecule has 1 aliphatic heterocycles. The SMILES string of the molecule is CC(=O)c1ccc(OCN2C=C(Cl)C(S(=O)(=O)O)NC2=O)cc1.[H-].[Na+]. The van der Waals surface area contributed by atoms with Crippen molar-refractivity contribution >= 4 is 33.5 Å². The van der Waals surface area contributed by atoms with Gasteiger partial charge in [-0.15, -0.1) is 0 Å². The van der Waals surface area contributed by atoms with Gasteiger partial charge in [0, 0.05) is 11.8 Å². The number of ether oxygens (including phenoxy) is 1. The Morgan fingerprint density at radius 1 is 1.42 bits per heavy atom. The van der Waals surface area contributed by atoms with E-state index < -0.39 is 21.5 Å². The van der Waals surface area contributed by atoms with E-state index in [0.29, 0.717) is 11.3 Å². The summed E-state index contributed by atoms with van der Waals surface area (Å²) in [5.74, 6) is 0.321. The van der Waals surface area contributed by atoms with Crippen molar-refractivity contribution in [1.29, 1.82) is 0 Å². The normalized spacial score (nSPS) is 17.5. The smallest absolute Gasteiger partial charge is 1.00 e. The topological polar surface area (TPSA) is 113 Å². The van der Waals surface area contributed by atoms with Crippen LogP contribution in [-0.4, -0.2) is 41.8 Å². The Balaban J connectivity index is 0.00000288. The van der Waals surface area contributed by atoms with Crippen LogP contribution in [0.4, 0.5) is 4.79 Å². The largest absolute Gasteiger partial charge is 1.00 e. The molecule has 8 nitrogen and oxygen atoms in total. The van der Waals surface area contributed by atoms with Gasteiger partial charge in [0.2, 0.25) is 0 Å². The van der Waals surface area contributed by atoms with Gasteiger partial charge in [-0.2, -0.15) is 8.42 Å². The molecule has 11 heteroatoms. The van der Waals surface area contributed by atoms with Crippen molar-refractivity contribution in [1.82, 2.24) is 10.2 Å². The zero-order chi connectivity index (χ0) is 17.2. The quantitative estimate of drug-likeness (QED) is 0.369. The second-order valence-corrected chi connectivity index (χ2v) is 6.62. The minimum atomic E-state index is -4.54. The van der Waals surface area contributed by atoms with Crippen LogP contribution < -0.4 is 39.6 Å². The number of hydrogen-bond acceptors (Lipinski definition) is 5.